The molecule has 1 amide bonds. The number of aliphatic carboxylic acids is 1. The van der Waals surface area contributed by atoms with Crippen LogP contribution >= 0.6 is 0 Å². The normalized spacial score (nSPS) is 16.5. The number of nitrogens with zero attached hydrogens (tertiary/aromatic N) is 1. The van der Waals surface area contributed by atoms with Crippen LogP contribution in [0.3, 0.4) is 0 Å². The lowest BCUT2D eigenvalue weighted by atomic mass is 10.0. The second-order valence-corrected chi connectivity index (χ2v) is 5.07. The minimum absolute atomic E-state index is 0.0455. The molecule has 1 aliphatic rings. The summed E-state index contributed by atoms with van der Waals surface area (Å²) >= 11 is 0. The maximum absolute atomic E-state index is 12.0. The standard InChI is InChI=1S/C17H14N2O3/c20-16(21)9-11-4-3-5-12(8-11)18-10-14-13-6-1-2-7-15(13)19-17(14)22/h1-8,10,14H,9H2,(H,19,22)(H,20,21). The maximum Gasteiger partial charge on any atom is 0.307 e. The number of hydrogen-bond acceptors (Lipinski definition) is 3. The van der Waals surface area contributed by atoms with Gasteiger partial charge in [-0.2, -0.15) is 0 Å². The number of nitrogens with one attached hydrogen (secondary N) is 1. The van der Waals surface area contributed by atoms with E-state index in [1.165, 1.54) is 0 Å². The van der Waals surface area contributed by atoms with Gasteiger partial charge in [0.05, 0.1) is 12.1 Å². The fourth-order valence-electron chi connectivity index (χ4n) is 2.46. The minimum atomic E-state index is -0.884. The van der Waals surface area contributed by atoms with E-state index in [-0.39, 0.29) is 12.3 Å². The summed E-state index contributed by atoms with van der Waals surface area (Å²) in [6, 6.07) is 14.5. The zero-order chi connectivity index (χ0) is 15.5. The van der Waals surface area contributed by atoms with Gasteiger partial charge in [0.2, 0.25) is 5.91 Å². The second-order valence-electron chi connectivity index (χ2n) is 5.07. The third-order valence-corrected chi connectivity index (χ3v) is 3.47. The molecule has 3 rings (SSSR count). The van der Waals surface area contributed by atoms with E-state index in [9.17, 15) is 9.59 Å². The summed E-state index contributed by atoms with van der Waals surface area (Å²) in [5.74, 6) is -1.41. The molecular formula is C17H14N2O3. The fourth-order valence-corrected chi connectivity index (χ4v) is 2.46. The number of aliphatic imine (C=N–C) groups is 1. The summed E-state index contributed by atoms with van der Waals surface area (Å²) in [6.07, 6.45) is 1.55. The lowest BCUT2D eigenvalue weighted by Gasteiger charge is -2.02. The van der Waals surface area contributed by atoms with Crippen LogP contribution in [0.2, 0.25) is 0 Å². The molecule has 0 fully saturated rings. The molecule has 0 spiro atoms. The summed E-state index contributed by atoms with van der Waals surface area (Å²) in [4.78, 5) is 27.0. The zero-order valence-corrected chi connectivity index (χ0v) is 11.7. The van der Waals surface area contributed by atoms with Crippen molar-refractivity contribution < 1.29 is 14.7 Å². The average Bonchev–Trinajstić information content (AvgIpc) is 2.80. The molecule has 1 atom stereocenters. The summed E-state index contributed by atoms with van der Waals surface area (Å²) in [7, 11) is 0. The van der Waals surface area contributed by atoms with Crippen molar-refractivity contribution in [2.24, 2.45) is 4.99 Å². The molecule has 0 saturated carbocycles. The van der Waals surface area contributed by atoms with Crippen molar-refractivity contribution in [3.05, 3.63) is 59.7 Å². The van der Waals surface area contributed by atoms with Gasteiger partial charge in [0.25, 0.3) is 0 Å². The van der Waals surface area contributed by atoms with E-state index in [2.05, 4.69) is 10.3 Å². The Morgan fingerprint density at radius 1 is 1.23 bits per heavy atom. The number of amides is 1. The van der Waals surface area contributed by atoms with Crippen molar-refractivity contribution >= 4 is 29.5 Å². The van der Waals surface area contributed by atoms with E-state index in [1.54, 1.807) is 30.5 Å². The maximum atomic E-state index is 12.0. The number of hydrogen-bond donors (Lipinski definition) is 2. The highest BCUT2D eigenvalue weighted by atomic mass is 16.4. The Labute approximate surface area is 127 Å². The predicted molar refractivity (Wildman–Crippen MR) is 83.7 cm³/mol. The molecule has 0 aliphatic carbocycles. The molecule has 0 saturated heterocycles. The van der Waals surface area contributed by atoms with E-state index in [1.807, 2.05) is 24.3 Å². The number of carboxylic acids is 1. The molecule has 5 nitrogen and oxygen atoms in total. The molecule has 0 bridgehead atoms. The van der Waals surface area contributed by atoms with Gasteiger partial charge in [0.15, 0.2) is 0 Å². The van der Waals surface area contributed by atoms with Crippen LogP contribution < -0.4 is 5.32 Å². The monoisotopic (exact) mass is 294 g/mol. The topological polar surface area (TPSA) is 78.8 Å². The van der Waals surface area contributed by atoms with Gasteiger partial charge >= 0.3 is 5.97 Å². The highest BCUT2D eigenvalue weighted by Crippen LogP contribution is 2.31. The van der Waals surface area contributed by atoms with Crippen LogP contribution in [-0.2, 0) is 16.0 Å². The molecule has 0 aromatic heterocycles. The minimum Gasteiger partial charge on any atom is -0.481 e. The van der Waals surface area contributed by atoms with E-state index in [4.69, 9.17) is 5.11 Å². The fraction of sp³-hybridized carbons (Fsp3) is 0.118. The van der Waals surface area contributed by atoms with E-state index >= 15 is 0 Å². The van der Waals surface area contributed by atoms with Gasteiger partial charge in [-0.25, -0.2) is 0 Å². The van der Waals surface area contributed by atoms with Gasteiger partial charge in [-0.05, 0) is 29.3 Å². The molecule has 1 unspecified atom stereocenters. The number of para-hydroxylation sites is 1. The molecule has 2 N–H and O–H groups in total. The summed E-state index contributed by atoms with van der Waals surface area (Å²) in [5, 5.41) is 11.6. The van der Waals surface area contributed by atoms with E-state index < -0.39 is 11.9 Å². The lowest BCUT2D eigenvalue weighted by molar-refractivity contribution is -0.136. The number of carboxylic acid groups (broad SMARTS) is 1. The highest BCUT2D eigenvalue weighted by molar-refractivity contribution is 6.12. The van der Waals surface area contributed by atoms with E-state index in [0.717, 1.165) is 11.3 Å². The van der Waals surface area contributed by atoms with Crippen molar-refractivity contribution in [2.75, 3.05) is 5.32 Å². The SMILES string of the molecule is O=C(O)Cc1cccc(N=CC2C(=O)Nc3ccccc32)c1. The molecule has 1 heterocycles. The van der Waals surface area contributed by atoms with Gasteiger partial charge in [-0.15, -0.1) is 0 Å². The molecule has 2 aromatic rings. The first-order chi connectivity index (χ1) is 10.6. The smallest absolute Gasteiger partial charge is 0.307 e. The van der Waals surface area contributed by atoms with Gasteiger partial charge in [-0.1, -0.05) is 30.3 Å². The Kier molecular flexibility index (Phi) is 3.70. The highest BCUT2D eigenvalue weighted by Gasteiger charge is 2.28. The van der Waals surface area contributed by atoms with Crippen LogP contribution in [0.5, 0.6) is 0 Å². The van der Waals surface area contributed by atoms with Crippen LogP contribution in [-0.4, -0.2) is 23.2 Å². The Hall–Kier alpha value is -2.95. The molecular weight excluding hydrogens is 280 g/mol. The third kappa shape index (κ3) is 2.88. The van der Waals surface area contributed by atoms with Crippen molar-refractivity contribution in [3.63, 3.8) is 0 Å². The van der Waals surface area contributed by atoms with Gasteiger partial charge in [0, 0.05) is 11.9 Å². The largest absolute Gasteiger partial charge is 0.481 e. The number of rotatable bonds is 4. The number of benzene rings is 2. The molecule has 0 radical (unpaired) electrons. The van der Waals surface area contributed by atoms with Gasteiger partial charge < -0.3 is 10.4 Å². The second kappa shape index (κ2) is 5.81. The first-order valence-corrected chi connectivity index (χ1v) is 6.88. The Morgan fingerprint density at radius 3 is 2.86 bits per heavy atom. The third-order valence-electron chi connectivity index (χ3n) is 3.47. The van der Waals surface area contributed by atoms with Gasteiger partial charge in [-0.3, -0.25) is 14.6 Å². The number of carbonyl (C=O) groups excluding carboxylic acids is 1. The molecule has 2 aromatic carbocycles. The Balaban J connectivity index is 1.83. The summed E-state index contributed by atoms with van der Waals surface area (Å²) in [5.41, 5.74) is 3.02. The lowest BCUT2D eigenvalue weighted by Crippen LogP contribution is -2.12. The first-order valence-electron chi connectivity index (χ1n) is 6.88. The Morgan fingerprint density at radius 2 is 2.05 bits per heavy atom. The van der Waals surface area contributed by atoms with Crippen LogP contribution in [0.4, 0.5) is 11.4 Å². The Bertz CT molecular complexity index is 768. The summed E-state index contributed by atoms with van der Waals surface area (Å²) < 4.78 is 0. The molecule has 110 valence electrons. The van der Waals surface area contributed by atoms with E-state index in [0.29, 0.717) is 11.3 Å². The average molecular weight is 294 g/mol. The molecule has 22 heavy (non-hydrogen) atoms. The van der Waals surface area contributed by atoms with Crippen molar-refractivity contribution in [3.8, 4) is 0 Å². The number of anilines is 1. The van der Waals surface area contributed by atoms with Crippen molar-refractivity contribution in [2.45, 2.75) is 12.3 Å². The first kappa shape index (κ1) is 14.0. The predicted octanol–water partition coefficient (Wildman–Crippen LogP) is 2.75. The van der Waals surface area contributed by atoms with Crippen LogP contribution in [0.25, 0.3) is 0 Å². The summed E-state index contributed by atoms with van der Waals surface area (Å²) in [6.45, 7) is 0. The molecule has 5 heteroatoms. The zero-order valence-electron chi connectivity index (χ0n) is 11.7. The molecule has 1 aliphatic heterocycles. The number of carbonyl (C=O) groups is 2. The van der Waals surface area contributed by atoms with Crippen molar-refractivity contribution in [1.29, 1.82) is 0 Å². The quantitative estimate of drug-likeness (QED) is 0.851. The van der Waals surface area contributed by atoms with Crippen molar-refractivity contribution in [1.82, 2.24) is 0 Å². The van der Waals surface area contributed by atoms with Crippen LogP contribution in [0.15, 0.2) is 53.5 Å². The van der Waals surface area contributed by atoms with Crippen LogP contribution in [0, 0.1) is 0 Å². The van der Waals surface area contributed by atoms with Gasteiger partial charge in [0.1, 0.15) is 5.92 Å². The van der Waals surface area contributed by atoms with Crippen LogP contribution in [0.1, 0.15) is 17.0 Å². The number of fused-ring (bicyclic) bond motifs is 1.